The van der Waals surface area contributed by atoms with Gasteiger partial charge in [-0.05, 0) is 44.6 Å². The second-order valence-electron chi connectivity index (χ2n) is 6.49. The van der Waals surface area contributed by atoms with E-state index in [1.807, 2.05) is 0 Å². The molecule has 3 fully saturated rings. The van der Waals surface area contributed by atoms with Crippen molar-refractivity contribution >= 4 is 9.84 Å². The van der Waals surface area contributed by atoms with Crippen LogP contribution in [0, 0.1) is 5.92 Å². The van der Waals surface area contributed by atoms with Gasteiger partial charge in [-0.2, -0.15) is 0 Å². The molecule has 1 saturated carbocycles. The van der Waals surface area contributed by atoms with E-state index in [1.54, 1.807) is 0 Å². The quantitative estimate of drug-likeness (QED) is 0.838. The Morgan fingerprint density at radius 1 is 1.11 bits per heavy atom. The zero-order chi connectivity index (χ0) is 13.3. The third kappa shape index (κ3) is 3.31. The van der Waals surface area contributed by atoms with Crippen LogP contribution in [0.15, 0.2) is 0 Å². The number of nitrogens with one attached hydrogen (secondary N) is 1. The molecule has 110 valence electrons. The van der Waals surface area contributed by atoms with Crippen LogP contribution in [0.1, 0.15) is 38.5 Å². The number of sulfone groups is 1. The Hall–Kier alpha value is -0.130. The highest BCUT2D eigenvalue weighted by Crippen LogP contribution is 2.36. The molecule has 0 aromatic rings. The molecule has 2 saturated heterocycles. The first kappa shape index (κ1) is 13.8. The van der Waals surface area contributed by atoms with Gasteiger partial charge in [-0.3, -0.25) is 4.90 Å². The highest BCUT2D eigenvalue weighted by Gasteiger charge is 2.34. The van der Waals surface area contributed by atoms with Gasteiger partial charge in [0.05, 0.1) is 11.5 Å². The summed E-state index contributed by atoms with van der Waals surface area (Å²) in [7, 11) is -2.74. The topological polar surface area (TPSA) is 49.4 Å². The molecule has 3 rings (SSSR count). The van der Waals surface area contributed by atoms with Crippen molar-refractivity contribution in [3.05, 3.63) is 0 Å². The fraction of sp³-hybridized carbons (Fsp3) is 1.00. The van der Waals surface area contributed by atoms with Gasteiger partial charge in [-0.25, -0.2) is 8.42 Å². The van der Waals surface area contributed by atoms with Crippen LogP contribution in [0.3, 0.4) is 0 Å². The summed E-state index contributed by atoms with van der Waals surface area (Å²) in [6, 6.07) is 1.03. The smallest absolute Gasteiger partial charge is 0.151 e. The lowest BCUT2D eigenvalue weighted by atomic mass is 9.92. The van der Waals surface area contributed by atoms with Crippen molar-refractivity contribution in [1.29, 1.82) is 0 Å². The molecule has 1 aliphatic carbocycles. The lowest BCUT2D eigenvalue weighted by molar-refractivity contribution is 0.113. The lowest BCUT2D eigenvalue weighted by Gasteiger charge is -2.38. The molecule has 0 aromatic carbocycles. The number of hydrogen-bond donors (Lipinski definition) is 1. The zero-order valence-corrected chi connectivity index (χ0v) is 12.5. The normalized spacial score (nSPS) is 38.4. The van der Waals surface area contributed by atoms with Crippen LogP contribution < -0.4 is 5.32 Å². The van der Waals surface area contributed by atoms with Crippen molar-refractivity contribution in [3.63, 3.8) is 0 Å². The first-order valence-corrected chi connectivity index (χ1v) is 9.64. The van der Waals surface area contributed by atoms with Crippen LogP contribution in [0.5, 0.6) is 0 Å². The average molecular weight is 286 g/mol. The zero-order valence-electron chi connectivity index (χ0n) is 11.7. The minimum Gasteiger partial charge on any atom is -0.312 e. The Balaban J connectivity index is 1.42. The van der Waals surface area contributed by atoms with Crippen LogP contribution >= 0.6 is 0 Å². The SMILES string of the molecule is O=S1(=O)CCC(NCCN2CCCC3CCCC32)C1. The van der Waals surface area contributed by atoms with Gasteiger partial charge in [0.25, 0.3) is 0 Å². The third-order valence-corrected chi connectivity index (χ3v) is 6.94. The molecule has 0 spiro atoms. The van der Waals surface area contributed by atoms with Crippen LogP contribution in [0.4, 0.5) is 0 Å². The molecule has 0 aromatic heterocycles. The summed E-state index contributed by atoms with van der Waals surface area (Å²) in [6.45, 7) is 3.28. The summed E-state index contributed by atoms with van der Waals surface area (Å²) in [5.41, 5.74) is 0. The molecule has 0 amide bonds. The second kappa shape index (κ2) is 5.70. The highest BCUT2D eigenvalue weighted by molar-refractivity contribution is 7.91. The van der Waals surface area contributed by atoms with Gasteiger partial charge in [-0.1, -0.05) is 6.42 Å². The van der Waals surface area contributed by atoms with Crippen molar-refractivity contribution in [1.82, 2.24) is 10.2 Å². The molecular weight excluding hydrogens is 260 g/mol. The molecule has 2 aliphatic heterocycles. The number of nitrogens with zero attached hydrogens (tertiary/aromatic N) is 1. The van der Waals surface area contributed by atoms with E-state index in [9.17, 15) is 8.42 Å². The van der Waals surface area contributed by atoms with Crippen molar-refractivity contribution in [2.45, 2.75) is 50.6 Å². The van der Waals surface area contributed by atoms with E-state index in [0.29, 0.717) is 11.5 Å². The van der Waals surface area contributed by atoms with E-state index in [4.69, 9.17) is 0 Å². The summed E-state index contributed by atoms with van der Waals surface area (Å²) in [5.74, 6) is 1.67. The average Bonchev–Trinajstić information content (AvgIpc) is 2.96. The lowest BCUT2D eigenvalue weighted by Crippen LogP contribution is -2.46. The highest BCUT2D eigenvalue weighted by atomic mass is 32.2. The minimum atomic E-state index is -2.74. The maximum absolute atomic E-state index is 11.4. The van der Waals surface area contributed by atoms with Crippen molar-refractivity contribution in [2.24, 2.45) is 5.92 Å². The van der Waals surface area contributed by atoms with Gasteiger partial charge < -0.3 is 5.32 Å². The van der Waals surface area contributed by atoms with Gasteiger partial charge in [0.2, 0.25) is 0 Å². The van der Waals surface area contributed by atoms with Crippen LogP contribution in [0.2, 0.25) is 0 Å². The standard InChI is InChI=1S/C14H26N2O2S/c17-19(18)10-6-13(11-19)15-7-9-16-8-2-4-12-3-1-5-14(12)16/h12-15H,1-11H2. The largest absolute Gasteiger partial charge is 0.312 e. The second-order valence-corrected chi connectivity index (χ2v) is 8.72. The van der Waals surface area contributed by atoms with E-state index in [0.717, 1.165) is 31.5 Å². The number of fused-ring (bicyclic) bond motifs is 1. The van der Waals surface area contributed by atoms with Crippen molar-refractivity contribution < 1.29 is 8.42 Å². The molecule has 3 aliphatic rings. The van der Waals surface area contributed by atoms with Crippen LogP contribution in [-0.2, 0) is 9.84 Å². The summed E-state index contributed by atoms with van der Waals surface area (Å²) >= 11 is 0. The Kier molecular flexibility index (Phi) is 4.15. The van der Waals surface area contributed by atoms with Gasteiger partial charge in [0, 0.05) is 25.2 Å². The van der Waals surface area contributed by atoms with E-state index >= 15 is 0 Å². The number of hydrogen-bond acceptors (Lipinski definition) is 4. The number of piperidine rings is 1. The fourth-order valence-corrected chi connectivity index (χ4v) is 5.91. The molecule has 4 nitrogen and oxygen atoms in total. The summed E-state index contributed by atoms with van der Waals surface area (Å²) in [5, 5.41) is 3.44. The Morgan fingerprint density at radius 2 is 1.95 bits per heavy atom. The molecular formula is C14H26N2O2S. The number of likely N-dealkylation sites (tertiary alicyclic amines) is 1. The predicted octanol–water partition coefficient (Wildman–Crippen LogP) is 1.03. The number of rotatable bonds is 4. The van der Waals surface area contributed by atoms with E-state index < -0.39 is 9.84 Å². The monoisotopic (exact) mass is 286 g/mol. The molecule has 2 heterocycles. The Labute approximate surface area is 116 Å². The summed E-state index contributed by atoms with van der Waals surface area (Å²) in [6.07, 6.45) is 7.78. The van der Waals surface area contributed by atoms with Gasteiger partial charge in [0.15, 0.2) is 9.84 Å². The van der Waals surface area contributed by atoms with Crippen LogP contribution in [-0.4, -0.2) is 56.5 Å². The van der Waals surface area contributed by atoms with Gasteiger partial charge in [0.1, 0.15) is 0 Å². The third-order valence-electron chi connectivity index (χ3n) is 5.17. The first-order valence-electron chi connectivity index (χ1n) is 7.82. The summed E-state index contributed by atoms with van der Waals surface area (Å²) < 4.78 is 22.8. The maximum Gasteiger partial charge on any atom is 0.151 e. The molecule has 3 atom stereocenters. The van der Waals surface area contributed by atoms with Gasteiger partial charge >= 0.3 is 0 Å². The van der Waals surface area contributed by atoms with Gasteiger partial charge in [-0.15, -0.1) is 0 Å². The summed E-state index contributed by atoms with van der Waals surface area (Å²) in [4.78, 5) is 2.65. The van der Waals surface area contributed by atoms with Crippen LogP contribution in [0.25, 0.3) is 0 Å². The molecule has 5 heteroatoms. The fourth-order valence-electron chi connectivity index (χ4n) is 4.20. The van der Waals surface area contributed by atoms with Crippen molar-refractivity contribution in [3.8, 4) is 0 Å². The minimum absolute atomic E-state index is 0.203. The van der Waals surface area contributed by atoms with E-state index in [1.165, 1.54) is 38.6 Å². The molecule has 1 N–H and O–H groups in total. The first-order chi connectivity index (χ1) is 9.14. The molecule has 0 radical (unpaired) electrons. The Bertz CT molecular complexity index is 410. The predicted molar refractivity (Wildman–Crippen MR) is 77.0 cm³/mol. The Morgan fingerprint density at radius 3 is 2.74 bits per heavy atom. The molecule has 19 heavy (non-hydrogen) atoms. The molecule has 3 unspecified atom stereocenters. The van der Waals surface area contributed by atoms with E-state index in [2.05, 4.69) is 10.2 Å². The van der Waals surface area contributed by atoms with Crippen molar-refractivity contribution in [2.75, 3.05) is 31.1 Å². The maximum atomic E-state index is 11.4. The molecule has 0 bridgehead atoms. The van der Waals surface area contributed by atoms with E-state index in [-0.39, 0.29) is 6.04 Å².